The molecular weight excluding hydrogens is 346 g/mol. The molecule has 132 valence electrons. The van der Waals surface area contributed by atoms with Gasteiger partial charge in [-0.2, -0.15) is 0 Å². The molecule has 1 amide bonds. The summed E-state index contributed by atoms with van der Waals surface area (Å²) < 4.78 is 27.5. The average Bonchev–Trinajstić information content (AvgIpc) is 2.50. The van der Waals surface area contributed by atoms with Crippen molar-refractivity contribution in [3.63, 3.8) is 0 Å². The fourth-order valence-electron chi connectivity index (χ4n) is 2.27. The summed E-state index contributed by atoms with van der Waals surface area (Å²) in [7, 11) is -3.93. The Morgan fingerprint density at radius 2 is 1.80 bits per heavy atom. The van der Waals surface area contributed by atoms with Crippen LogP contribution in [0.2, 0.25) is 0 Å². The van der Waals surface area contributed by atoms with Gasteiger partial charge in [0.1, 0.15) is 0 Å². The van der Waals surface area contributed by atoms with E-state index in [2.05, 4.69) is 10.0 Å². The lowest BCUT2D eigenvalue weighted by atomic mass is 10.2. The van der Waals surface area contributed by atoms with Crippen LogP contribution in [0, 0.1) is 24.0 Å². The normalized spacial score (nSPS) is 11.0. The predicted octanol–water partition coefficient (Wildman–Crippen LogP) is 2.97. The Bertz CT molecular complexity index is 954. The van der Waals surface area contributed by atoms with Crippen molar-refractivity contribution >= 4 is 33.0 Å². The second-order valence-corrected chi connectivity index (χ2v) is 7.15. The second kappa shape index (κ2) is 6.89. The number of hydrogen-bond donors (Lipinski definition) is 2. The first-order chi connectivity index (χ1) is 11.6. The van der Waals surface area contributed by atoms with E-state index in [1.165, 1.54) is 50.2 Å². The zero-order valence-corrected chi connectivity index (χ0v) is 14.7. The Kier molecular flexibility index (Phi) is 5.07. The number of carbonyl (C=O) groups excluding carboxylic acids is 1. The lowest BCUT2D eigenvalue weighted by Crippen LogP contribution is -2.15. The highest BCUT2D eigenvalue weighted by Crippen LogP contribution is 2.28. The fourth-order valence-corrected chi connectivity index (χ4v) is 3.48. The number of aryl methyl sites for hydroxylation is 1. The van der Waals surface area contributed by atoms with Crippen molar-refractivity contribution in [2.75, 3.05) is 10.0 Å². The van der Waals surface area contributed by atoms with Crippen molar-refractivity contribution in [1.82, 2.24) is 0 Å². The first kappa shape index (κ1) is 18.4. The molecule has 0 fully saturated rings. The third-order valence-corrected chi connectivity index (χ3v) is 4.93. The topological polar surface area (TPSA) is 118 Å². The summed E-state index contributed by atoms with van der Waals surface area (Å²) in [5.74, 6) is -0.260. The average molecular weight is 363 g/mol. The number of nitro benzene ring substituents is 1. The Hall–Kier alpha value is -2.94. The molecule has 0 atom stereocenters. The van der Waals surface area contributed by atoms with Crippen molar-refractivity contribution < 1.29 is 18.1 Å². The van der Waals surface area contributed by atoms with Crippen LogP contribution in [0.4, 0.5) is 17.1 Å². The number of anilines is 2. The van der Waals surface area contributed by atoms with Gasteiger partial charge in [0.25, 0.3) is 15.7 Å². The molecule has 0 aliphatic rings. The maximum absolute atomic E-state index is 12.6. The molecule has 0 heterocycles. The molecule has 2 aromatic carbocycles. The smallest absolute Gasteiger partial charge is 0.274 e. The first-order valence-corrected chi connectivity index (χ1v) is 8.75. The molecule has 25 heavy (non-hydrogen) atoms. The van der Waals surface area contributed by atoms with Gasteiger partial charge in [0, 0.05) is 18.7 Å². The Balaban J connectivity index is 2.37. The van der Waals surface area contributed by atoms with Crippen LogP contribution in [-0.2, 0) is 14.8 Å². The van der Waals surface area contributed by atoms with Gasteiger partial charge in [-0.15, -0.1) is 0 Å². The van der Waals surface area contributed by atoms with Gasteiger partial charge in [-0.3, -0.25) is 19.6 Å². The summed E-state index contributed by atoms with van der Waals surface area (Å²) in [5, 5.41) is 13.6. The number of nitro groups is 1. The lowest BCUT2D eigenvalue weighted by Gasteiger charge is -2.13. The molecule has 8 nitrogen and oxygen atoms in total. The highest BCUT2D eigenvalue weighted by atomic mass is 32.2. The summed E-state index contributed by atoms with van der Waals surface area (Å²) in [6.45, 7) is 4.50. The zero-order valence-electron chi connectivity index (χ0n) is 13.9. The highest BCUT2D eigenvalue weighted by Gasteiger charge is 2.20. The number of carbonyl (C=O) groups is 1. The third kappa shape index (κ3) is 4.13. The van der Waals surface area contributed by atoms with E-state index in [0.717, 1.165) is 0 Å². The van der Waals surface area contributed by atoms with Gasteiger partial charge in [0.05, 0.1) is 21.1 Å². The number of rotatable bonds is 5. The third-order valence-electron chi connectivity index (χ3n) is 3.57. The molecule has 2 aromatic rings. The minimum atomic E-state index is -3.93. The van der Waals surface area contributed by atoms with E-state index in [0.29, 0.717) is 11.3 Å². The monoisotopic (exact) mass is 363 g/mol. The zero-order chi connectivity index (χ0) is 18.8. The molecular formula is C16H17N3O5S. The number of nitrogens with one attached hydrogen (secondary N) is 2. The van der Waals surface area contributed by atoms with E-state index in [9.17, 15) is 23.3 Å². The molecule has 0 saturated heterocycles. The minimum absolute atomic E-state index is 0.00925. The highest BCUT2D eigenvalue weighted by molar-refractivity contribution is 7.92. The van der Waals surface area contributed by atoms with Gasteiger partial charge in [0.15, 0.2) is 0 Å². The van der Waals surface area contributed by atoms with Crippen LogP contribution in [0.1, 0.15) is 18.1 Å². The van der Waals surface area contributed by atoms with E-state index < -0.39 is 14.9 Å². The molecule has 0 aliphatic carbocycles. The molecule has 0 radical (unpaired) electrons. The van der Waals surface area contributed by atoms with Crippen LogP contribution in [0.5, 0.6) is 0 Å². The van der Waals surface area contributed by atoms with Crippen molar-refractivity contribution in [2.24, 2.45) is 0 Å². The number of nitrogens with zero attached hydrogens (tertiary/aromatic N) is 1. The molecule has 0 bridgehead atoms. The van der Waals surface area contributed by atoms with Crippen molar-refractivity contribution in [1.29, 1.82) is 0 Å². The van der Waals surface area contributed by atoms with Crippen LogP contribution < -0.4 is 10.0 Å². The Morgan fingerprint density at radius 1 is 1.12 bits per heavy atom. The van der Waals surface area contributed by atoms with Crippen molar-refractivity contribution in [2.45, 2.75) is 25.7 Å². The predicted molar refractivity (Wildman–Crippen MR) is 94.1 cm³/mol. The number of amides is 1. The van der Waals surface area contributed by atoms with E-state index in [-0.39, 0.29) is 27.7 Å². The van der Waals surface area contributed by atoms with E-state index in [1.54, 1.807) is 6.92 Å². The van der Waals surface area contributed by atoms with E-state index in [1.807, 2.05) is 0 Å². The maximum atomic E-state index is 12.6. The Morgan fingerprint density at radius 3 is 2.36 bits per heavy atom. The number of benzene rings is 2. The van der Waals surface area contributed by atoms with Crippen LogP contribution in [-0.4, -0.2) is 19.2 Å². The summed E-state index contributed by atoms with van der Waals surface area (Å²) in [4.78, 5) is 21.5. The summed E-state index contributed by atoms with van der Waals surface area (Å²) in [5.41, 5.74) is 1.28. The van der Waals surface area contributed by atoms with Crippen LogP contribution >= 0.6 is 0 Å². The van der Waals surface area contributed by atoms with Gasteiger partial charge >= 0.3 is 0 Å². The fraction of sp³-hybridized carbons (Fsp3) is 0.188. The van der Waals surface area contributed by atoms with Gasteiger partial charge in [0.2, 0.25) is 5.91 Å². The lowest BCUT2D eigenvalue weighted by molar-refractivity contribution is -0.385. The molecule has 2 rings (SSSR count). The van der Waals surface area contributed by atoms with Gasteiger partial charge in [-0.05, 0) is 43.7 Å². The molecule has 0 saturated carbocycles. The second-order valence-electron chi connectivity index (χ2n) is 5.47. The minimum Gasteiger partial charge on any atom is -0.326 e. The largest absolute Gasteiger partial charge is 0.326 e. The summed E-state index contributed by atoms with van der Waals surface area (Å²) in [6.07, 6.45) is 0. The number of hydrogen-bond acceptors (Lipinski definition) is 5. The molecule has 0 aliphatic heterocycles. The van der Waals surface area contributed by atoms with Crippen LogP contribution in [0.3, 0.4) is 0 Å². The quantitative estimate of drug-likeness (QED) is 0.625. The maximum Gasteiger partial charge on any atom is 0.274 e. The van der Waals surface area contributed by atoms with Crippen LogP contribution in [0.25, 0.3) is 0 Å². The molecule has 2 N–H and O–H groups in total. The first-order valence-electron chi connectivity index (χ1n) is 7.27. The molecule has 0 aromatic heterocycles. The van der Waals surface area contributed by atoms with E-state index >= 15 is 0 Å². The van der Waals surface area contributed by atoms with Crippen LogP contribution in [0.15, 0.2) is 41.3 Å². The van der Waals surface area contributed by atoms with E-state index in [4.69, 9.17) is 0 Å². The SMILES string of the molecule is CC(=O)Nc1ccc(S(=O)(=O)Nc2cccc([N+](=O)[O-])c2C)cc1C. The molecule has 9 heteroatoms. The summed E-state index contributed by atoms with van der Waals surface area (Å²) in [6, 6.07) is 8.44. The standard InChI is InChI=1S/C16H17N3O5S/c1-10-9-13(7-8-14(10)17-12(3)20)25(23,24)18-15-5-4-6-16(11(15)2)19(21)22/h4-9,18H,1-3H3,(H,17,20). The molecule has 0 unspecified atom stereocenters. The van der Waals surface area contributed by atoms with Gasteiger partial charge in [-0.25, -0.2) is 8.42 Å². The summed E-state index contributed by atoms with van der Waals surface area (Å²) >= 11 is 0. The Labute approximate surface area is 145 Å². The number of sulfonamides is 1. The molecule has 0 spiro atoms. The van der Waals surface area contributed by atoms with Crippen molar-refractivity contribution in [3.8, 4) is 0 Å². The van der Waals surface area contributed by atoms with Crippen molar-refractivity contribution in [3.05, 3.63) is 57.6 Å². The van der Waals surface area contributed by atoms with Gasteiger partial charge < -0.3 is 5.32 Å². The van der Waals surface area contributed by atoms with Gasteiger partial charge in [-0.1, -0.05) is 6.07 Å².